The lowest BCUT2D eigenvalue weighted by Gasteiger charge is -2.05. The summed E-state index contributed by atoms with van der Waals surface area (Å²) >= 11 is 1.48. The lowest BCUT2D eigenvalue weighted by Crippen LogP contribution is -2.04. The molecule has 0 aliphatic rings. The quantitative estimate of drug-likeness (QED) is 0.775. The van der Waals surface area contributed by atoms with Crippen LogP contribution >= 0.6 is 11.3 Å². The third-order valence-electron chi connectivity index (χ3n) is 3.35. The molecular weight excluding hydrogens is 306 g/mol. The van der Waals surface area contributed by atoms with Gasteiger partial charge in [-0.3, -0.25) is 9.78 Å². The van der Waals surface area contributed by atoms with Crippen LogP contribution < -0.4 is 5.32 Å². The molecule has 2 aromatic heterocycles. The van der Waals surface area contributed by atoms with Crippen molar-refractivity contribution in [1.82, 2.24) is 9.97 Å². The average Bonchev–Trinajstić information content (AvgIpc) is 2.90. The number of nitrogens with zero attached hydrogens (tertiary/aromatic N) is 2. The molecule has 3 aromatic rings. The summed E-state index contributed by atoms with van der Waals surface area (Å²) in [4.78, 5) is 21.1. The van der Waals surface area contributed by atoms with E-state index in [1.165, 1.54) is 29.4 Å². The summed E-state index contributed by atoms with van der Waals surface area (Å²) in [6.07, 6.45) is 3.52. The van der Waals surface area contributed by atoms with Gasteiger partial charge in [0.05, 0.1) is 10.6 Å². The maximum Gasteiger partial charge on any atom is 0.223 e. The van der Waals surface area contributed by atoms with E-state index in [0.717, 1.165) is 21.7 Å². The molecule has 116 valence electrons. The van der Waals surface area contributed by atoms with Crippen LogP contribution in [0.1, 0.15) is 18.1 Å². The van der Waals surface area contributed by atoms with E-state index in [1.807, 2.05) is 12.1 Å². The van der Waals surface area contributed by atoms with E-state index in [1.54, 1.807) is 12.4 Å². The summed E-state index contributed by atoms with van der Waals surface area (Å²) in [7, 11) is 0. The molecule has 0 unspecified atom stereocenters. The lowest BCUT2D eigenvalue weighted by atomic mass is 10.0. The van der Waals surface area contributed by atoms with E-state index in [9.17, 15) is 4.79 Å². The number of carbonyl (C=O) groups excluding carboxylic acids is 1. The van der Waals surface area contributed by atoms with Crippen molar-refractivity contribution in [3.05, 3.63) is 53.9 Å². The van der Waals surface area contributed by atoms with Crippen molar-refractivity contribution >= 4 is 22.4 Å². The zero-order chi connectivity index (χ0) is 16.4. The van der Waals surface area contributed by atoms with Gasteiger partial charge in [0, 0.05) is 24.9 Å². The number of anilines is 1. The largest absolute Gasteiger partial charge is 0.302 e. The third kappa shape index (κ3) is 3.46. The van der Waals surface area contributed by atoms with Crippen molar-refractivity contribution < 1.29 is 4.79 Å². The number of amides is 1. The molecule has 5 heteroatoms. The Morgan fingerprint density at radius 1 is 1.04 bits per heavy atom. The Morgan fingerprint density at radius 3 is 2.30 bits per heavy atom. The van der Waals surface area contributed by atoms with E-state index >= 15 is 0 Å². The molecule has 0 fully saturated rings. The topological polar surface area (TPSA) is 54.9 Å². The Labute approximate surface area is 139 Å². The molecule has 0 spiro atoms. The maximum atomic E-state index is 11.4. The fraction of sp³-hybridized carbons (Fsp3) is 0.167. The van der Waals surface area contributed by atoms with Crippen LogP contribution in [0.25, 0.3) is 21.7 Å². The molecule has 4 nitrogen and oxygen atoms in total. The minimum atomic E-state index is -0.119. The van der Waals surface area contributed by atoms with Crippen LogP contribution in [0, 0.1) is 13.8 Å². The SMILES string of the molecule is CC(=O)Nc1nc(-c2cc(C)cc(C)c2)c(-c2ccncc2)s1. The van der Waals surface area contributed by atoms with Gasteiger partial charge in [-0.25, -0.2) is 4.98 Å². The summed E-state index contributed by atoms with van der Waals surface area (Å²) in [5, 5.41) is 3.40. The molecule has 0 aliphatic heterocycles. The van der Waals surface area contributed by atoms with Gasteiger partial charge in [-0.05, 0) is 43.7 Å². The molecule has 3 rings (SSSR count). The number of hydrogen-bond donors (Lipinski definition) is 1. The van der Waals surface area contributed by atoms with Gasteiger partial charge in [0.2, 0.25) is 5.91 Å². The Balaban J connectivity index is 2.17. The van der Waals surface area contributed by atoms with Gasteiger partial charge in [0.15, 0.2) is 5.13 Å². The van der Waals surface area contributed by atoms with Crippen molar-refractivity contribution in [1.29, 1.82) is 0 Å². The first-order valence-electron chi connectivity index (χ1n) is 7.30. The Hall–Kier alpha value is -2.53. The normalized spacial score (nSPS) is 10.6. The molecular formula is C18H17N3OS. The van der Waals surface area contributed by atoms with Gasteiger partial charge < -0.3 is 5.32 Å². The first-order valence-corrected chi connectivity index (χ1v) is 8.12. The van der Waals surface area contributed by atoms with E-state index in [-0.39, 0.29) is 5.91 Å². The smallest absolute Gasteiger partial charge is 0.223 e. The number of pyridine rings is 1. The van der Waals surface area contributed by atoms with Gasteiger partial charge >= 0.3 is 0 Å². The summed E-state index contributed by atoms with van der Waals surface area (Å²) in [5.74, 6) is -0.119. The number of benzene rings is 1. The van der Waals surface area contributed by atoms with E-state index in [4.69, 9.17) is 0 Å². The fourth-order valence-corrected chi connectivity index (χ4v) is 3.57. The third-order valence-corrected chi connectivity index (χ3v) is 4.37. The standard InChI is InChI=1S/C18H17N3OS/c1-11-8-12(2)10-15(9-11)16-17(14-4-6-19-7-5-14)23-18(21-16)20-13(3)22/h4-10H,1-3H3,(H,20,21,22). The molecule has 1 amide bonds. The highest BCUT2D eigenvalue weighted by Gasteiger charge is 2.16. The van der Waals surface area contributed by atoms with Crippen molar-refractivity contribution in [2.45, 2.75) is 20.8 Å². The van der Waals surface area contributed by atoms with E-state index in [0.29, 0.717) is 5.13 Å². The monoisotopic (exact) mass is 323 g/mol. The lowest BCUT2D eigenvalue weighted by molar-refractivity contribution is -0.114. The number of rotatable bonds is 3. The van der Waals surface area contributed by atoms with Crippen LogP contribution in [0.2, 0.25) is 0 Å². The predicted molar refractivity (Wildman–Crippen MR) is 94.6 cm³/mol. The van der Waals surface area contributed by atoms with Crippen LogP contribution in [-0.4, -0.2) is 15.9 Å². The molecule has 0 atom stereocenters. The van der Waals surface area contributed by atoms with Crippen LogP contribution in [0.5, 0.6) is 0 Å². The van der Waals surface area contributed by atoms with Crippen LogP contribution in [-0.2, 0) is 4.79 Å². The summed E-state index contributed by atoms with van der Waals surface area (Å²) in [6.45, 7) is 5.64. The molecule has 0 aliphatic carbocycles. The highest BCUT2D eigenvalue weighted by atomic mass is 32.1. The summed E-state index contributed by atoms with van der Waals surface area (Å²) < 4.78 is 0. The van der Waals surface area contributed by atoms with Gasteiger partial charge in [-0.1, -0.05) is 28.5 Å². The van der Waals surface area contributed by atoms with Crippen LogP contribution in [0.4, 0.5) is 5.13 Å². The number of carbonyl (C=O) groups is 1. The highest BCUT2D eigenvalue weighted by molar-refractivity contribution is 7.19. The van der Waals surface area contributed by atoms with Crippen LogP contribution in [0.15, 0.2) is 42.7 Å². The van der Waals surface area contributed by atoms with Crippen molar-refractivity contribution in [3.63, 3.8) is 0 Å². The zero-order valence-corrected chi connectivity index (χ0v) is 14.1. The second kappa shape index (κ2) is 6.30. The van der Waals surface area contributed by atoms with Crippen molar-refractivity contribution in [2.24, 2.45) is 0 Å². The zero-order valence-electron chi connectivity index (χ0n) is 13.3. The van der Waals surface area contributed by atoms with Gasteiger partial charge in [0.1, 0.15) is 0 Å². The molecule has 0 saturated heterocycles. The maximum absolute atomic E-state index is 11.4. The molecule has 0 bridgehead atoms. The van der Waals surface area contributed by atoms with Gasteiger partial charge in [-0.15, -0.1) is 0 Å². The Morgan fingerprint density at radius 2 is 1.70 bits per heavy atom. The fourth-order valence-electron chi connectivity index (χ4n) is 2.53. The number of thiazole rings is 1. The molecule has 1 N–H and O–H groups in total. The predicted octanol–water partition coefficient (Wildman–Crippen LogP) is 4.45. The van der Waals surface area contributed by atoms with Crippen LogP contribution in [0.3, 0.4) is 0 Å². The second-order valence-corrected chi connectivity index (χ2v) is 6.49. The number of aryl methyl sites for hydroxylation is 2. The number of aromatic nitrogens is 2. The van der Waals surface area contributed by atoms with Crippen molar-refractivity contribution in [3.8, 4) is 21.7 Å². The number of hydrogen-bond acceptors (Lipinski definition) is 4. The Kier molecular flexibility index (Phi) is 4.21. The molecule has 0 radical (unpaired) electrons. The van der Waals surface area contributed by atoms with Crippen molar-refractivity contribution in [2.75, 3.05) is 5.32 Å². The summed E-state index contributed by atoms with van der Waals surface area (Å²) in [6, 6.07) is 10.3. The number of nitrogens with one attached hydrogen (secondary N) is 1. The molecule has 23 heavy (non-hydrogen) atoms. The minimum Gasteiger partial charge on any atom is -0.302 e. The molecule has 1 aromatic carbocycles. The average molecular weight is 323 g/mol. The molecule has 0 saturated carbocycles. The minimum absolute atomic E-state index is 0.119. The first kappa shape index (κ1) is 15.4. The summed E-state index contributed by atoms with van der Waals surface area (Å²) in [5.41, 5.74) is 5.37. The van der Waals surface area contributed by atoms with Gasteiger partial charge in [0.25, 0.3) is 0 Å². The highest BCUT2D eigenvalue weighted by Crippen LogP contribution is 2.39. The molecule has 2 heterocycles. The van der Waals surface area contributed by atoms with E-state index < -0.39 is 0 Å². The van der Waals surface area contributed by atoms with Gasteiger partial charge in [-0.2, -0.15) is 0 Å². The first-order chi connectivity index (χ1) is 11.0. The van der Waals surface area contributed by atoms with E-state index in [2.05, 4.69) is 47.3 Å². The second-order valence-electron chi connectivity index (χ2n) is 5.49. The Bertz CT molecular complexity index is 836.